The summed E-state index contributed by atoms with van der Waals surface area (Å²) in [6.07, 6.45) is 6.52. The fraction of sp³-hybridized carbons (Fsp3) is 0.457. The maximum Gasteiger partial charge on any atom is 0.243 e. The number of hydrogen-bond acceptors (Lipinski definition) is 8. The van der Waals surface area contributed by atoms with Gasteiger partial charge in [0.15, 0.2) is 6.29 Å². The van der Waals surface area contributed by atoms with E-state index in [1.54, 1.807) is 5.48 Å². The van der Waals surface area contributed by atoms with E-state index in [9.17, 15) is 14.7 Å². The molecule has 10 nitrogen and oxygen atoms in total. The number of benzene rings is 2. The van der Waals surface area contributed by atoms with Crippen LogP contribution in [0.15, 0.2) is 72.9 Å². The number of amides is 2. The number of unbranched alkanes of at least 4 members (excludes halogenated alkanes) is 3. The quantitative estimate of drug-likeness (QED) is 0.0968. The van der Waals surface area contributed by atoms with Crippen LogP contribution in [0.2, 0.25) is 0 Å². The zero-order valence-corrected chi connectivity index (χ0v) is 26.1. The van der Waals surface area contributed by atoms with E-state index in [0.717, 1.165) is 66.7 Å². The predicted molar refractivity (Wildman–Crippen MR) is 170 cm³/mol. The Morgan fingerprint density at radius 2 is 1.58 bits per heavy atom. The minimum absolute atomic E-state index is 0.00141. The zero-order chi connectivity index (χ0) is 31.9. The molecule has 2 aromatic carbocycles. The van der Waals surface area contributed by atoms with Crippen molar-refractivity contribution < 1.29 is 29.4 Å². The second kappa shape index (κ2) is 18.3. The lowest BCUT2D eigenvalue weighted by atomic mass is 9.99. The fourth-order valence-corrected chi connectivity index (χ4v) is 5.39. The molecule has 1 saturated heterocycles. The van der Waals surface area contributed by atoms with Crippen molar-refractivity contribution in [2.45, 2.75) is 83.0 Å². The maximum absolute atomic E-state index is 12.3. The number of aromatic nitrogens is 1. The van der Waals surface area contributed by atoms with Gasteiger partial charge < -0.3 is 24.8 Å². The highest BCUT2D eigenvalue weighted by atomic mass is 16.7. The number of aliphatic hydroxyl groups excluding tert-OH is 1. The lowest BCUT2D eigenvalue weighted by Crippen LogP contribution is -2.38. The van der Waals surface area contributed by atoms with Crippen molar-refractivity contribution in [1.82, 2.24) is 20.7 Å². The number of rotatable bonds is 17. The number of hydrogen-bond donors (Lipinski definition) is 4. The zero-order valence-electron chi connectivity index (χ0n) is 26.1. The van der Waals surface area contributed by atoms with Crippen molar-refractivity contribution in [2.75, 3.05) is 20.1 Å². The SMILES string of the molecule is CN(CCc1ccccn1)C[C@H]1C[C@@H](c2ccc(CO)cc2)O[C@@H](c2ccc(CNC(=O)CCCCCCC(=O)NO)cc2)O1. The number of carbonyl (C=O) groups is 2. The number of ether oxygens (including phenoxy) is 2. The molecule has 2 amide bonds. The second-order valence-electron chi connectivity index (χ2n) is 11.7. The minimum Gasteiger partial charge on any atom is -0.392 e. The first-order chi connectivity index (χ1) is 21.9. The van der Waals surface area contributed by atoms with Crippen LogP contribution in [0.1, 0.15) is 85.3 Å². The van der Waals surface area contributed by atoms with E-state index in [1.807, 2.05) is 72.9 Å². The molecule has 10 heteroatoms. The third kappa shape index (κ3) is 11.6. The predicted octanol–water partition coefficient (Wildman–Crippen LogP) is 4.76. The van der Waals surface area contributed by atoms with E-state index in [1.165, 1.54) is 0 Å². The van der Waals surface area contributed by atoms with E-state index < -0.39 is 6.29 Å². The molecule has 0 radical (unpaired) electrons. The molecule has 3 atom stereocenters. The molecule has 4 N–H and O–H groups in total. The average Bonchev–Trinajstić information content (AvgIpc) is 3.08. The molecular formula is C35H46N4O6. The molecule has 0 bridgehead atoms. The van der Waals surface area contributed by atoms with Crippen LogP contribution in [-0.4, -0.2) is 58.3 Å². The van der Waals surface area contributed by atoms with Crippen LogP contribution in [0.5, 0.6) is 0 Å². The smallest absolute Gasteiger partial charge is 0.243 e. The van der Waals surface area contributed by atoms with E-state index in [2.05, 4.69) is 22.2 Å². The van der Waals surface area contributed by atoms with Gasteiger partial charge in [-0.3, -0.25) is 19.8 Å². The fourth-order valence-electron chi connectivity index (χ4n) is 5.39. The molecule has 3 aromatic rings. The van der Waals surface area contributed by atoms with E-state index in [4.69, 9.17) is 14.7 Å². The topological polar surface area (TPSA) is 133 Å². The Kier molecular flexibility index (Phi) is 13.9. The molecule has 4 rings (SSSR count). The number of nitrogens with one attached hydrogen (secondary N) is 2. The Labute approximate surface area is 265 Å². The van der Waals surface area contributed by atoms with Gasteiger partial charge in [0.2, 0.25) is 11.8 Å². The second-order valence-corrected chi connectivity index (χ2v) is 11.7. The van der Waals surface area contributed by atoms with Crippen LogP contribution in [-0.2, 0) is 38.6 Å². The number of nitrogens with zero attached hydrogens (tertiary/aromatic N) is 2. The van der Waals surface area contributed by atoms with Gasteiger partial charge in [-0.15, -0.1) is 0 Å². The van der Waals surface area contributed by atoms with Gasteiger partial charge in [0.05, 0.1) is 18.8 Å². The van der Waals surface area contributed by atoms with Gasteiger partial charge in [0.1, 0.15) is 0 Å². The van der Waals surface area contributed by atoms with E-state index >= 15 is 0 Å². The average molecular weight is 619 g/mol. The molecule has 0 aliphatic carbocycles. The first-order valence-corrected chi connectivity index (χ1v) is 15.8. The van der Waals surface area contributed by atoms with Crippen LogP contribution >= 0.6 is 0 Å². The largest absolute Gasteiger partial charge is 0.392 e. The summed E-state index contributed by atoms with van der Waals surface area (Å²) < 4.78 is 13.0. The third-order valence-corrected chi connectivity index (χ3v) is 8.03. The van der Waals surface area contributed by atoms with Crippen molar-refractivity contribution in [3.63, 3.8) is 0 Å². The summed E-state index contributed by atoms with van der Waals surface area (Å²) in [6, 6.07) is 21.8. The van der Waals surface area contributed by atoms with Crippen molar-refractivity contribution >= 4 is 11.8 Å². The van der Waals surface area contributed by atoms with Crippen molar-refractivity contribution in [2.24, 2.45) is 0 Å². The van der Waals surface area contributed by atoms with Gasteiger partial charge in [0.25, 0.3) is 0 Å². The lowest BCUT2D eigenvalue weighted by Gasteiger charge is -2.38. The molecule has 2 heterocycles. The Morgan fingerprint density at radius 3 is 2.24 bits per heavy atom. The van der Waals surface area contributed by atoms with Gasteiger partial charge in [-0.05, 0) is 48.7 Å². The Bertz CT molecular complexity index is 1310. The number of likely N-dealkylation sites (N-methyl/N-ethyl adjacent to an activating group) is 1. The summed E-state index contributed by atoms with van der Waals surface area (Å²) in [5.41, 5.74) is 6.51. The van der Waals surface area contributed by atoms with Gasteiger partial charge in [-0.25, -0.2) is 5.48 Å². The molecule has 0 saturated carbocycles. The first kappa shape index (κ1) is 34.2. The standard InChI is InChI=1S/C35H46N4O6/c1-39(21-19-30-8-6-7-20-36-30)24-31-22-32(28-15-13-27(25-40)14-16-28)45-35(44-31)29-17-11-26(12-18-29)23-37-33(41)9-4-2-3-5-10-34(42)38-43/h6-8,11-18,20,31-32,35,40,43H,2-5,9-10,19,21-25H2,1H3,(H,37,41)(H,38,42)/t31-,32+,35+/m1/s1. The molecule has 0 unspecified atom stereocenters. The number of aliphatic hydroxyl groups is 1. The number of hydroxylamine groups is 1. The minimum atomic E-state index is -0.539. The van der Waals surface area contributed by atoms with Crippen LogP contribution in [0, 0.1) is 0 Å². The summed E-state index contributed by atoms with van der Waals surface area (Å²) >= 11 is 0. The van der Waals surface area contributed by atoms with Crippen molar-refractivity contribution in [3.8, 4) is 0 Å². The normalized spacial score (nSPS) is 18.1. The summed E-state index contributed by atoms with van der Waals surface area (Å²) in [7, 11) is 2.10. The van der Waals surface area contributed by atoms with Crippen molar-refractivity contribution in [3.05, 3.63) is 101 Å². The molecule has 1 fully saturated rings. The molecule has 242 valence electrons. The van der Waals surface area contributed by atoms with Gasteiger partial charge in [-0.1, -0.05) is 67.4 Å². The highest BCUT2D eigenvalue weighted by Crippen LogP contribution is 2.38. The number of pyridine rings is 1. The monoisotopic (exact) mass is 618 g/mol. The lowest BCUT2D eigenvalue weighted by molar-refractivity contribution is -0.252. The van der Waals surface area contributed by atoms with Gasteiger partial charge in [-0.2, -0.15) is 0 Å². The Balaban J connectivity index is 1.30. The van der Waals surface area contributed by atoms with Crippen LogP contribution in [0.4, 0.5) is 0 Å². The maximum atomic E-state index is 12.3. The molecule has 1 aliphatic rings. The van der Waals surface area contributed by atoms with Crippen LogP contribution in [0.3, 0.4) is 0 Å². The third-order valence-electron chi connectivity index (χ3n) is 8.03. The summed E-state index contributed by atoms with van der Waals surface area (Å²) in [4.78, 5) is 30.1. The Hall–Kier alpha value is -3.67. The molecule has 45 heavy (non-hydrogen) atoms. The number of carbonyl (C=O) groups excluding carboxylic acids is 2. The van der Waals surface area contributed by atoms with Crippen LogP contribution < -0.4 is 10.8 Å². The molecule has 0 spiro atoms. The highest BCUT2D eigenvalue weighted by Gasteiger charge is 2.32. The molecule has 1 aliphatic heterocycles. The molecular weight excluding hydrogens is 572 g/mol. The van der Waals surface area contributed by atoms with E-state index in [-0.39, 0.29) is 30.6 Å². The van der Waals surface area contributed by atoms with E-state index in [0.29, 0.717) is 32.2 Å². The highest BCUT2D eigenvalue weighted by molar-refractivity contribution is 5.75. The van der Waals surface area contributed by atoms with Crippen molar-refractivity contribution in [1.29, 1.82) is 0 Å². The summed E-state index contributed by atoms with van der Waals surface area (Å²) in [5.74, 6) is -0.384. The van der Waals surface area contributed by atoms with Gasteiger partial charge >= 0.3 is 0 Å². The first-order valence-electron chi connectivity index (χ1n) is 15.8. The van der Waals surface area contributed by atoms with Crippen LogP contribution in [0.25, 0.3) is 0 Å². The van der Waals surface area contributed by atoms with Gasteiger partial charge in [0, 0.05) is 62.8 Å². The summed E-state index contributed by atoms with van der Waals surface area (Å²) in [6.45, 7) is 2.05. The summed E-state index contributed by atoms with van der Waals surface area (Å²) in [5, 5.41) is 21.0. The Morgan fingerprint density at radius 1 is 0.889 bits per heavy atom. The molecule has 1 aromatic heterocycles.